The van der Waals surface area contributed by atoms with Crippen molar-refractivity contribution >= 4 is 11.9 Å². The number of nitrogens with two attached hydrogens (primary N) is 1. The van der Waals surface area contributed by atoms with Crippen molar-refractivity contribution in [2.75, 3.05) is 7.05 Å². The van der Waals surface area contributed by atoms with Crippen LogP contribution >= 0.6 is 0 Å². The first-order valence-electron chi connectivity index (χ1n) is 12.8. The average molecular weight is 442 g/mol. The number of nitrogens with one attached hydrogen (secondary N) is 2. The van der Waals surface area contributed by atoms with Crippen LogP contribution < -0.4 is 11.1 Å². The number of carbonyl (C=O) groups excluding carboxylic acids is 1. The second-order valence-corrected chi connectivity index (χ2v) is 10.1. The zero-order valence-corrected chi connectivity index (χ0v) is 19.9. The lowest BCUT2D eigenvalue weighted by atomic mass is 9.78. The number of rotatable bonds is 10. The van der Waals surface area contributed by atoms with Crippen molar-refractivity contribution < 1.29 is 4.79 Å². The van der Waals surface area contributed by atoms with Gasteiger partial charge in [0.15, 0.2) is 5.96 Å². The van der Waals surface area contributed by atoms with Crippen molar-refractivity contribution in [2.24, 2.45) is 23.5 Å². The van der Waals surface area contributed by atoms with Crippen molar-refractivity contribution in [3.8, 4) is 0 Å². The summed E-state index contributed by atoms with van der Waals surface area (Å²) in [6.45, 7) is 0.872. The van der Waals surface area contributed by atoms with Crippen LogP contribution in [-0.2, 0) is 11.3 Å². The van der Waals surface area contributed by atoms with E-state index < -0.39 is 0 Å². The van der Waals surface area contributed by atoms with Gasteiger partial charge >= 0.3 is 0 Å². The minimum atomic E-state index is -0.146. The fourth-order valence-electron chi connectivity index (χ4n) is 5.72. The van der Waals surface area contributed by atoms with Gasteiger partial charge in [0.05, 0.1) is 0 Å². The molecule has 0 radical (unpaired) electrons. The highest BCUT2D eigenvalue weighted by Crippen LogP contribution is 2.33. The van der Waals surface area contributed by atoms with E-state index in [9.17, 15) is 4.79 Å². The van der Waals surface area contributed by atoms with E-state index >= 15 is 0 Å². The molecule has 6 heteroatoms. The quantitative estimate of drug-likeness (QED) is 0.358. The van der Waals surface area contributed by atoms with Gasteiger partial charge in [-0.25, -0.2) is 0 Å². The first-order valence-corrected chi connectivity index (χ1v) is 12.8. The number of guanidine groups is 1. The molecule has 2 aliphatic carbocycles. The zero-order chi connectivity index (χ0) is 22.8. The summed E-state index contributed by atoms with van der Waals surface area (Å²) in [5.74, 6) is 1.28. The SMILES string of the molecule is CN(C(=N)N)C(=O)[C@H](CCCC1CCCCC1)CC1CCC[C@@H](NCc2ccncc2)C1. The second-order valence-electron chi connectivity index (χ2n) is 10.1. The van der Waals surface area contributed by atoms with Crippen LogP contribution in [0.5, 0.6) is 0 Å². The molecule has 1 unspecified atom stereocenters. The average Bonchev–Trinajstić information content (AvgIpc) is 2.82. The Kier molecular flexibility index (Phi) is 9.97. The van der Waals surface area contributed by atoms with E-state index in [1.807, 2.05) is 12.4 Å². The van der Waals surface area contributed by atoms with Gasteiger partial charge in [-0.05, 0) is 55.2 Å². The highest BCUT2D eigenvalue weighted by Gasteiger charge is 2.30. The Morgan fingerprint density at radius 3 is 2.59 bits per heavy atom. The summed E-state index contributed by atoms with van der Waals surface area (Å²) in [6.07, 6.45) is 19.5. The van der Waals surface area contributed by atoms with Crippen molar-refractivity contribution in [3.63, 3.8) is 0 Å². The molecule has 3 atom stereocenters. The third-order valence-corrected chi connectivity index (χ3v) is 7.68. The zero-order valence-electron chi connectivity index (χ0n) is 19.9. The Morgan fingerprint density at radius 2 is 1.88 bits per heavy atom. The maximum absolute atomic E-state index is 13.1. The Labute approximate surface area is 194 Å². The Hall–Kier alpha value is -1.95. The van der Waals surface area contributed by atoms with Gasteiger partial charge in [-0.1, -0.05) is 57.8 Å². The van der Waals surface area contributed by atoms with E-state index in [0.29, 0.717) is 12.0 Å². The van der Waals surface area contributed by atoms with Crippen molar-refractivity contribution in [3.05, 3.63) is 30.1 Å². The van der Waals surface area contributed by atoms with Gasteiger partial charge in [0.25, 0.3) is 0 Å². The topological polar surface area (TPSA) is 95.1 Å². The number of carbonyl (C=O) groups is 1. The summed E-state index contributed by atoms with van der Waals surface area (Å²) < 4.78 is 0. The molecule has 4 N–H and O–H groups in total. The van der Waals surface area contributed by atoms with Gasteiger partial charge in [0.1, 0.15) is 0 Å². The largest absolute Gasteiger partial charge is 0.370 e. The summed E-state index contributed by atoms with van der Waals surface area (Å²) in [7, 11) is 1.65. The Bertz CT molecular complexity index is 703. The smallest absolute Gasteiger partial charge is 0.232 e. The van der Waals surface area contributed by atoms with Gasteiger partial charge < -0.3 is 11.1 Å². The van der Waals surface area contributed by atoms with Crippen LogP contribution in [-0.4, -0.2) is 34.8 Å². The Morgan fingerprint density at radius 1 is 1.16 bits per heavy atom. The van der Waals surface area contributed by atoms with E-state index in [2.05, 4.69) is 22.4 Å². The molecule has 3 rings (SSSR count). The lowest BCUT2D eigenvalue weighted by Gasteiger charge is -2.33. The van der Waals surface area contributed by atoms with E-state index in [1.54, 1.807) is 7.05 Å². The summed E-state index contributed by atoms with van der Waals surface area (Å²) in [5.41, 5.74) is 6.91. The predicted molar refractivity (Wildman–Crippen MR) is 130 cm³/mol. The molecule has 32 heavy (non-hydrogen) atoms. The fraction of sp³-hybridized carbons (Fsp3) is 0.731. The van der Waals surface area contributed by atoms with Crippen LogP contribution in [0.25, 0.3) is 0 Å². The molecule has 1 amide bonds. The van der Waals surface area contributed by atoms with Crippen LogP contribution in [0.15, 0.2) is 24.5 Å². The lowest BCUT2D eigenvalue weighted by Crippen LogP contribution is -2.42. The van der Waals surface area contributed by atoms with Gasteiger partial charge in [-0.15, -0.1) is 0 Å². The van der Waals surface area contributed by atoms with Gasteiger partial charge in [0.2, 0.25) is 5.91 Å². The van der Waals surface area contributed by atoms with Crippen LogP contribution in [0, 0.1) is 23.2 Å². The third-order valence-electron chi connectivity index (χ3n) is 7.68. The molecule has 0 bridgehead atoms. The summed E-state index contributed by atoms with van der Waals surface area (Å²) >= 11 is 0. The number of pyridine rings is 1. The molecule has 2 aliphatic rings. The van der Waals surface area contributed by atoms with Gasteiger partial charge in [-0.2, -0.15) is 0 Å². The second kappa shape index (κ2) is 12.9. The highest BCUT2D eigenvalue weighted by molar-refractivity contribution is 5.95. The molecule has 2 fully saturated rings. The molecule has 0 aromatic carbocycles. The van der Waals surface area contributed by atoms with Crippen LogP contribution in [0.1, 0.15) is 89.0 Å². The number of amides is 1. The molecule has 1 heterocycles. The molecular weight excluding hydrogens is 398 g/mol. The molecular formula is C26H43N5O. The molecule has 6 nitrogen and oxygen atoms in total. The molecule has 1 aromatic rings. The number of hydrogen-bond acceptors (Lipinski definition) is 4. The monoisotopic (exact) mass is 441 g/mol. The summed E-state index contributed by atoms with van der Waals surface area (Å²) in [4.78, 5) is 18.6. The molecule has 0 spiro atoms. The lowest BCUT2D eigenvalue weighted by molar-refractivity contribution is -0.131. The molecule has 2 saturated carbocycles. The van der Waals surface area contributed by atoms with E-state index in [-0.39, 0.29) is 17.8 Å². The molecule has 1 aromatic heterocycles. The molecule has 0 aliphatic heterocycles. The van der Waals surface area contributed by atoms with Crippen LogP contribution in [0.3, 0.4) is 0 Å². The van der Waals surface area contributed by atoms with Crippen LogP contribution in [0.4, 0.5) is 0 Å². The first kappa shape index (κ1) is 24.7. The third kappa shape index (κ3) is 7.88. The highest BCUT2D eigenvalue weighted by atomic mass is 16.2. The minimum Gasteiger partial charge on any atom is -0.370 e. The maximum Gasteiger partial charge on any atom is 0.232 e. The van der Waals surface area contributed by atoms with Gasteiger partial charge in [0, 0.05) is 37.9 Å². The Balaban J connectivity index is 1.52. The number of hydrogen-bond donors (Lipinski definition) is 3. The van der Waals surface area contributed by atoms with E-state index in [4.69, 9.17) is 11.1 Å². The van der Waals surface area contributed by atoms with E-state index in [1.165, 1.54) is 68.3 Å². The summed E-state index contributed by atoms with van der Waals surface area (Å²) in [5, 5.41) is 11.4. The molecule has 0 saturated heterocycles. The number of aromatic nitrogens is 1. The minimum absolute atomic E-state index is 0.0172. The number of nitrogens with zero attached hydrogens (tertiary/aromatic N) is 2. The maximum atomic E-state index is 13.1. The normalized spacial score (nSPS) is 22.9. The standard InChI is InChI=1S/C26H43N5O/c1-31(26(27)28)25(32)23(11-5-9-20-7-3-2-4-8-20)17-22-10-6-12-24(18-22)30-19-21-13-15-29-16-14-21/h13-16,20,22-24,30H,2-12,17-19H2,1H3,(H3,27,28)/t22?,23-,24-/m1/s1. The molecule has 178 valence electrons. The van der Waals surface area contributed by atoms with Crippen molar-refractivity contribution in [2.45, 2.75) is 96.1 Å². The fourth-order valence-corrected chi connectivity index (χ4v) is 5.72. The van der Waals surface area contributed by atoms with Crippen molar-refractivity contribution in [1.82, 2.24) is 15.2 Å². The summed E-state index contributed by atoms with van der Waals surface area (Å²) in [6, 6.07) is 4.63. The van der Waals surface area contributed by atoms with E-state index in [0.717, 1.165) is 38.1 Å². The first-order chi connectivity index (χ1) is 15.5. The van der Waals surface area contributed by atoms with Crippen LogP contribution in [0.2, 0.25) is 0 Å². The predicted octanol–water partition coefficient (Wildman–Crippen LogP) is 4.84. The van der Waals surface area contributed by atoms with Crippen molar-refractivity contribution in [1.29, 1.82) is 5.41 Å². The van der Waals surface area contributed by atoms with Gasteiger partial charge in [-0.3, -0.25) is 20.1 Å².